The molecule has 1 fully saturated rings. The maximum Gasteiger partial charge on any atom is 0.219 e. The molecule has 6 heteroatoms. The Labute approximate surface area is 78.4 Å². The summed E-state index contributed by atoms with van der Waals surface area (Å²) in [6.45, 7) is 2.40. The Hall–Kier alpha value is -0.170. The molecule has 0 aromatic rings. The molecule has 0 radical (unpaired) electrons. The van der Waals surface area contributed by atoms with Crippen LogP contribution in [0.25, 0.3) is 0 Å². The number of aliphatic hydroxyl groups is 1. The Morgan fingerprint density at radius 3 is 2.62 bits per heavy atom. The first kappa shape index (κ1) is 10.9. The van der Waals surface area contributed by atoms with Crippen LogP contribution in [0.4, 0.5) is 0 Å². The van der Waals surface area contributed by atoms with Crippen LogP contribution < -0.4 is 0 Å². The van der Waals surface area contributed by atoms with Crippen molar-refractivity contribution in [1.29, 1.82) is 0 Å². The molecule has 0 aromatic heterocycles. The molecule has 0 bridgehead atoms. The van der Waals surface area contributed by atoms with Gasteiger partial charge in [-0.25, -0.2) is 8.42 Å². The van der Waals surface area contributed by atoms with Crippen LogP contribution in [0.3, 0.4) is 0 Å². The van der Waals surface area contributed by atoms with Gasteiger partial charge in [-0.05, 0) is 13.3 Å². The van der Waals surface area contributed by atoms with Gasteiger partial charge >= 0.3 is 0 Å². The zero-order valence-corrected chi connectivity index (χ0v) is 8.62. The standard InChI is InChI=1S/C7H15NO4S/c1-6-3-4-8(6)13(10,11)5-7(9)12-2/h6-7,9H,3-5H2,1-2H3/t6-,7?/m0/s1. The highest BCUT2D eigenvalue weighted by Crippen LogP contribution is 2.21. The van der Waals surface area contributed by atoms with Gasteiger partial charge in [-0.1, -0.05) is 0 Å². The summed E-state index contributed by atoms with van der Waals surface area (Å²) in [5.41, 5.74) is 0. The third kappa shape index (κ3) is 2.40. The van der Waals surface area contributed by atoms with Crippen LogP contribution in [0.1, 0.15) is 13.3 Å². The summed E-state index contributed by atoms with van der Waals surface area (Å²) in [5, 5.41) is 9.02. The zero-order chi connectivity index (χ0) is 10.1. The monoisotopic (exact) mass is 209 g/mol. The lowest BCUT2D eigenvalue weighted by molar-refractivity contribution is -0.0566. The number of hydrogen-bond acceptors (Lipinski definition) is 4. The molecule has 1 rings (SSSR count). The van der Waals surface area contributed by atoms with E-state index in [-0.39, 0.29) is 11.8 Å². The topological polar surface area (TPSA) is 66.8 Å². The van der Waals surface area contributed by atoms with Crippen LogP contribution >= 0.6 is 0 Å². The molecule has 5 nitrogen and oxygen atoms in total. The van der Waals surface area contributed by atoms with E-state index >= 15 is 0 Å². The summed E-state index contributed by atoms with van der Waals surface area (Å²) in [4.78, 5) is 0. The molecule has 2 atom stereocenters. The van der Waals surface area contributed by atoms with Gasteiger partial charge in [0, 0.05) is 19.7 Å². The van der Waals surface area contributed by atoms with Gasteiger partial charge in [0.2, 0.25) is 10.0 Å². The van der Waals surface area contributed by atoms with Gasteiger partial charge in [0.1, 0.15) is 5.75 Å². The third-order valence-electron chi connectivity index (χ3n) is 2.24. The second-order valence-electron chi connectivity index (χ2n) is 3.22. The first-order chi connectivity index (χ1) is 5.97. The number of methoxy groups -OCH3 is 1. The average molecular weight is 209 g/mol. The number of ether oxygens (including phenoxy) is 1. The van der Waals surface area contributed by atoms with E-state index in [1.165, 1.54) is 11.4 Å². The van der Waals surface area contributed by atoms with Crippen molar-refractivity contribution in [3.63, 3.8) is 0 Å². The molecular weight excluding hydrogens is 194 g/mol. The summed E-state index contributed by atoms with van der Waals surface area (Å²) in [6.07, 6.45) is -0.333. The zero-order valence-electron chi connectivity index (χ0n) is 7.80. The predicted molar refractivity (Wildman–Crippen MR) is 47.6 cm³/mol. The molecule has 1 N–H and O–H groups in total. The molecule has 78 valence electrons. The molecule has 1 aliphatic heterocycles. The van der Waals surface area contributed by atoms with E-state index in [0.717, 1.165) is 6.42 Å². The van der Waals surface area contributed by atoms with E-state index in [4.69, 9.17) is 5.11 Å². The van der Waals surface area contributed by atoms with Crippen molar-refractivity contribution in [2.24, 2.45) is 0 Å². The minimum atomic E-state index is -3.33. The quantitative estimate of drug-likeness (QED) is 0.626. The molecular formula is C7H15NO4S. The Kier molecular flexibility index (Phi) is 3.28. The number of aliphatic hydroxyl groups excluding tert-OH is 1. The number of nitrogens with zero attached hydrogens (tertiary/aromatic N) is 1. The summed E-state index contributed by atoms with van der Waals surface area (Å²) < 4.78 is 28.8. The minimum Gasteiger partial charge on any atom is -0.367 e. The maximum absolute atomic E-state index is 11.5. The van der Waals surface area contributed by atoms with Gasteiger partial charge in [0.25, 0.3) is 0 Å². The van der Waals surface area contributed by atoms with Crippen LogP contribution in [0, 0.1) is 0 Å². The fourth-order valence-electron chi connectivity index (χ4n) is 1.25. The Morgan fingerprint density at radius 2 is 2.31 bits per heavy atom. The highest BCUT2D eigenvalue weighted by atomic mass is 32.2. The van der Waals surface area contributed by atoms with Crippen LogP contribution in [0.2, 0.25) is 0 Å². The Bertz CT molecular complexity index is 264. The molecule has 13 heavy (non-hydrogen) atoms. The third-order valence-corrected chi connectivity index (χ3v) is 4.20. The number of hydrogen-bond donors (Lipinski definition) is 1. The Balaban J connectivity index is 2.56. The van der Waals surface area contributed by atoms with Crippen molar-refractivity contribution in [2.45, 2.75) is 25.7 Å². The molecule has 0 aromatic carbocycles. The normalized spacial score (nSPS) is 26.8. The lowest BCUT2D eigenvalue weighted by Gasteiger charge is -2.37. The van der Waals surface area contributed by atoms with Crippen molar-refractivity contribution < 1.29 is 18.3 Å². The van der Waals surface area contributed by atoms with E-state index in [1.54, 1.807) is 0 Å². The lowest BCUT2D eigenvalue weighted by atomic mass is 10.1. The van der Waals surface area contributed by atoms with Gasteiger partial charge in [-0.3, -0.25) is 0 Å². The van der Waals surface area contributed by atoms with Gasteiger partial charge in [0.05, 0.1) is 0 Å². The van der Waals surface area contributed by atoms with Gasteiger partial charge in [-0.15, -0.1) is 0 Å². The highest BCUT2D eigenvalue weighted by Gasteiger charge is 2.35. The van der Waals surface area contributed by atoms with Crippen molar-refractivity contribution >= 4 is 10.0 Å². The predicted octanol–water partition coefficient (Wildman–Crippen LogP) is -0.625. The van der Waals surface area contributed by atoms with Crippen molar-refractivity contribution in [3.8, 4) is 0 Å². The maximum atomic E-state index is 11.5. The molecule has 0 saturated carbocycles. The fourth-order valence-corrected chi connectivity index (χ4v) is 2.98. The van der Waals surface area contributed by atoms with Gasteiger partial charge in [0.15, 0.2) is 6.29 Å². The van der Waals surface area contributed by atoms with Crippen molar-refractivity contribution in [2.75, 3.05) is 19.4 Å². The van der Waals surface area contributed by atoms with Crippen LogP contribution in [0.15, 0.2) is 0 Å². The summed E-state index contributed by atoms with van der Waals surface area (Å²) in [5.74, 6) is -0.353. The second kappa shape index (κ2) is 3.91. The van der Waals surface area contributed by atoms with Gasteiger partial charge < -0.3 is 9.84 Å². The molecule has 0 spiro atoms. The van der Waals surface area contributed by atoms with E-state index in [1.807, 2.05) is 6.92 Å². The fraction of sp³-hybridized carbons (Fsp3) is 1.00. The summed E-state index contributed by atoms with van der Waals surface area (Å²) in [7, 11) is -2.05. The summed E-state index contributed by atoms with van der Waals surface area (Å²) >= 11 is 0. The van der Waals surface area contributed by atoms with E-state index in [2.05, 4.69) is 4.74 Å². The lowest BCUT2D eigenvalue weighted by Crippen LogP contribution is -2.51. The minimum absolute atomic E-state index is 0.0639. The molecule has 0 aliphatic carbocycles. The molecule has 1 aliphatic rings. The molecule has 1 unspecified atom stereocenters. The van der Waals surface area contributed by atoms with Crippen molar-refractivity contribution in [3.05, 3.63) is 0 Å². The molecule has 1 heterocycles. The second-order valence-corrected chi connectivity index (χ2v) is 5.18. The average Bonchev–Trinajstić information content (AvgIpc) is 1.99. The Morgan fingerprint density at radius 1 is 1.69 bits per heavy atom. The first-order valence-corrected chi connectivity index (χ1v) is 5.78. The smallest absolute Gasteiger partial charge is 0.219 e. The van der Waals surface area contributed by atoms with E-state index < -0.39 is 16.3 Å². The number of sulfonamides is 1. The summed E-state index contributed by atoms with van der Waals surface area (Å²) in [6, 6.07) is 0.0639. The van der Waals surface area contributed by atoms with Crippen LogP contribution in [0.5, 0.6) is 0 Å². The first-order valence-electron chi connectivity index (χ1n) is 4.18. The van der Waals surface area contributed by atoms with Crippen LogP contribution in [-0.4, -0.2) is 49.6 Å². The largest absolute Gasteiger partial charge is 0.367 e. The van der Waals surface area contributed by atoms with Crippen molar-refractivity contribution in [1.82, 2.24) is 4.31 Å². The SMILES string of the molecule is COC(O)CS(=O)(=O)N1CC[C@@H]1C. The van der Waals surface area contributed by atoms with Crippen LogP contribution in [-0.2, 0) is 14.8 Å². The molecule has 1 saturated heterocycles. The van der Waals surface area contributed by atoms with E-state index in [9.17, 15) is 8.42 Å². The molecule has 0 amide bonds. The number of rotatable bonds is 4. The van der Waals surface area contributed by atoms with Gasteiger partial charge in [-0.2, -0.15) is 4.31 Å². The highest BCUT2D eigenvalue weighted by molar-refractivity contribution is 7.89. The van der Waals surface area contributed by atoms with E-state index in [0.29, 0.717) is 6.54 Å².